The fraction of sp³-hybridized carbons (Fsp3) is 0.667. The van der Waals surface area contributed by atoms with E-state index in [-0.39, 0.29) is 0 Å². The van der Waals surface area contributed by atoms with Crippen LogP contribution in [0.25, 0.3) is 0 Å². The molecule has 4 heteroatoms. The van der Waals surface area contributed by atoms with E-state index in [4.69, 9.17) is 0 Å². The van der Waals surface area contributed by atoms with E-state index < -0.39 is 23.3 Å². The summed E-state index contributed by atoms with van der Waals surface area (Å²) in [5.41, 5.74) is -0.542. The number of hydrogen-bond donors (Lipinski definition) is 2. The van der Waals surface area contributed by atoms with Gasteiger partial charge in [-0.15, -0.1) is 0 Å². The zero-order valence-electron chi connectivity index (χ0n) is 13.7. The van der Waals surface area contributed by atoms with Gasteiger partial charge in [-0.25, -0.2) is 0 Å². The monoisotopic (exact) mass is 308 g/mol. The molecule has 0 aromatic rings. The zero-order chi connectivity index (χ0) is 16.6. The molecule has 0 heterocycles. The van der Waals surface area contributed by atoms with Crippen molar-refractivity contribution in [1.82, 2.24) is 0 Å². The summed E-state index contributed by atoms with van der Waals surface area (Å²) in [6.07, 6.45) is 11.8. The van der Waals surface area contributed by atoms with E-state index in [0.29, 0.717) is 12.8 Å². The first kappa shape index (κ1) is 18.5. The lowest BCUT2D eigenvalue weighted by Gasteiger charge is -2.36. The molecule has 124 valence electrons. The van der Waals surface area contributed by atoms with E-state index >= 15 is 0 Å². The zero-order valence-corrected chi connectivity index (χ0v) is 13.7. The predicted molar refractivity (Wildman–Crippen MR) is 86.7 cm³/mol. The van der Waals surface area contributed by atoms with Gasteiger partial charge in [0.05, 0.1) is 5.92 Å². The third-order valence-corrected chi connectivity index (χ3v) is 4.50. The number of hydrogen-bond acceptors (Lipinski definition) is 2. The van der Waals surface area contributed by atoms with Gasteiger partial charge >= 0.3 is 11.9 Å². The third kappa shape index (κ3) is 4.21. The number of allylic oxidation sites excluding steroid dienone is 2. The summed E-state index contributed by atoms with van der Waals surface area (Å²) in [7, 11) is 0. The highest BCUT2D eigenvalue weighted by atomic mass is 16.4. The Morgan fingerprint density at radius 1 is 1.09 bits per heavy atom. The van der Waals surface area contributed by atoms with Gasteiger partial charge in [0.2, 0.25) is 0 Å². The number of carbonyl (C=O) groups is 2. The van der Waals surface area contributed by atoms with Crippen molar-refractivity contribution in [2.75, 3.05) is 0 Å². The Labute approximate surface area is 132 Å². The molecule has 22 heavy (non-hydrogen) atoms. The molecule has 0 bridgehead atoms. The molecule has 0 saturated carbocycles. The lowest BCUT2D eigenvalue weighted by Crippen LogP contribution is -2.43. The van der Waals surface area contributed by atoms with E-state index in [1.165, 1.54) is 0 Å². The van der Waals surface area contributed by atoms with Gasteiger partial charge in [-0.2, -0.15) is 0 Å². The van der Waals surface area contributed by atoms with Crippen molar-refractivity contribution in [3.63, 3.8) is 0 Å². The first-order chi connectivity index (χ1) is 10.5. The average Bonchev–Trinajstić information content (AvgIpc) is 2.47. The van der Waals surface area contributed by atoms with Gasteiger partial charge in [0.1, 0.15) is 5.41 Å². The summed E-state index contributed by atoms with van der Waals surface area (Å²) in [6.45, 7) is 4.14. The number of aliphatic carboxylic acids is 2. The molecule has 1 aliphatic rings. The Hall–Kier alpha value is -1.58. The minimum Gasteiger partial charge on any atom is -0.481 e. The second-order valence-electron chi connectivity index (χ2n) is 6.13. The Bertz CT molecular complexity index is 450. The maximum atomic E-state index is 11.9. The van der Waals surface area contributed by atoms with Crippen molar-refractivity contribution < 1.29 is 19.8 Å². The van der Waals surface area contributed by atoms with Gasteiger partial charge < -0.3 is 10.2 Å². The Kier molecular flexibility index (Phi) is 7.36. The molecule has 0 fully saturated rings. The molecule has 2 N–H and O–H groups in total. The number of rotatable bonds is 10. The minimum atomic E-state index is -1.29. The normalized spacial score (nSPS) is 24.1. The number of carboxylic acids is 2. The summed E-state index contributed by atoms with van der Waals surface area (Å²) < 4.78 is 0. The van der Waals surface area contributed by atoms with Gasteiger partial charge in [-0.1, -0.05) is 69.8 Å². The maximum Gasteiger partial charge on any atom is 0.314 e. The van der Waals surface area contributed by atoms with E-state index in [1.54, 1.807) is 18.2 Å². The second-order valence-corrected chi connectivity index (χ2v) is 6.13. The van der Waals surface area contributed by atoms with Crippen molar-refractivity contribution in [3.8, 4) is 0 Å². The molecule has 2 atom stereocenters. The molecule has 0 aliphatic heterocycles. The highest BCUT2D eigenvalue weighted by molar-refractivity contribution is 5.88. The third-order valence-electron chi connectivity index (χ3n) is 4.50. The fourth-order valence-corrected chi connectivity index (χ4v) is 3.25. The highest BCUT2D eigenvalue weighted by Gasteiger charge is 2.49. The van der Waals surface area contributed by atoms with Crippen LogP contribution in [0.1, 0.15) is 65.2 Å². The largest absolute Gasteiger partial charge is 0.481 e. The van der Waals surface area contributed by atoms with Crippen molar-refractivity contribution in [2.24, 2.45) is 11.3 Å². The van der Waals surface area contributed by atoms with E-state index in [2.05, 4.69) is 13.8 Å². The summed E-state index contributed by atoms with van der Waals surface area (Å²) in [6, 6.07) is 0. The molecule has 0 radical (unpaired) electrons. The number of unbranched alkanes of at least 4 members (excludes halogenated alkanes) is 4. The molecular weight excluding hydrogens is 280 g/mol. The van der Waals surface area contributed by atoms with E-state index in [9.17, 15) is 19.8 Å². The van der Waals surface area contributed by atoms with Crippen LogP contribution in [0.5, 0.6) is 0 Å². The van der Waals surface area contributed by atoms with Gasteiger partial charge in [-0.05, 0) is 19.3 Å². The SMILES string of the molecule is CCCCCC1=CC=CC(CCCCC)(C(=O)O)C1C(=O)O. The van der Waals surface area contributed by atoms with Gasteiger partial charge in [-0.3, -0.25) is 9.59 Å². The van der Waals surface area contributed by atoms with Crippen LogP contribution >= 0.6 is 0 Å². The lowest BCUT2D eigenvalue weighted by atomic mass is 9.65. The molecule has 1 aliphatic carbocycles. The number of carboxylic acid groups (broad SMARTS) is 2. The van der Waals surface area contributed by atoms with E-state index in [0.717, 1.165) is 44.1 Å². The van der Waals surface area contributed by atoms with E-state index in [1.807, 2.05) is 0 Å². The first-order valence-corrected chi connectivity index (χ1v) is 8.34. The van der Waals surface area contributed by atoms with Crippen LogP contribution in [-0.2, 0) is 9.59 Å². The van der Waals surface area contributed by atoms with Crippen LogP contribution in [-0.4, -0.2) is 22.2 Å². The molecule has 0 aromatic heterocycles. The Morgan fingerprint density at radius 3 is 2.27 bits per heavy atom. The highest BCUT2D eigenvalue weighted by Crippen LogP contribution is 2.44. The van der Waals surface area contributed by atoms with Crippen LogP contribution in [0.15, 0.2) is 23.8 Å². The van der Waals surface area contributed by atoms with Gasteiger partial charge in [0, 0.05) is 0 Å². The Morgan fingerprint density at radius 2 is 1.73 bits per heavy atom. The molecular formula is C18H28O4. The lowest BCUT2D eigenvalue weighted by molar-refractivity contribution is -0.158. The smallest absolute Gasteiger partial charge is 0.314 e. The standard InChI is InChI=1S/C18H28O4/c1-3-5-7-10-14-11-9-13-18(17(21)22,12-8-6-4-2)15(14)16(19)20/h9,11,13,15H,3-8,10,12H2,1-2H3,(H,19,20)(H,21,22). The predicted octanol–water partition coefficient (Wildman–Crippen LogP) is 4.42. The average molecular weight is 308 g/mol. The first-order valence-electron chi connectivity index (χ1n) is 8.34. The fourth-order valence-electron chi connectivity index (χ4n) is 3.25. The molecule has 0 amide bonds. The molecule has 1 rings (SSSR count). The quantitative estimate of drug-likeness (QED) is 0.586. The molecule has 0 spiro atoms. The topological polar surface area (TPSA) is 74.6 Å². The van der Waals surface area contributed by atoms with Crippen molar-refractivity contribution in [3.05, 3.63) is 23.8 Å². The summed E-state index contributed by atoms with van der Waals surface area (Å²) in [5.74, 6) is -2.98. The molecule has 2 unspecified atom stereocenters. The summed E-state index contributed by atoms with van der Waals surface area (Å²) >= 11 is 0. The van der Waals surface area contributed by atoms with Crippen molar-refractivity contribution >= 4 is 11.9 Å². The van der Waals surface area contributed by atoms with Gasteiger partial charge in [0.25, 0.3) is 0 Å². The van der Waals surface area contributed by atoms with Gasteiger partial charge in [0.15, 0.2) is 0 Å². The second kappa shape index (κ2) is 8.76. The molecule has 0 saturated heterocycles. The molecule has 0 aromatic carbocycles. The minimum absolute atomic E-state index is 0.384. The summed E-state index contributed by atoms with van der Waals surface area (Å²) in [4.78, 5) is 23.7. The van der Waals surface area contributed by atoms with Crippen molar-refractivity contribution in [1.29, 1.82) is 0 Å². The maximum absolute atomic E-state index is 11.9. The van der Waals surface area contributed by atoms with Crippen LogP contribution in [0.4, 0.5) is 0 Å². The Balaban J connectivity index is 3.03. The van der Waals surface area contributed by atoms with Crippen molar-refractivity contribution in [2.45, 2.75) is 65.2 Å². The summed E-state index contributed by atoms with van der Waals surface area (Å²) in [5, 5.41) is 19.4. The molecule has 4 nitrogen and oxygen atoms in total. The van der Waals surface area contributed by atoms with Crippen LogP contribution < -0.4 is 0 Å². The van der Waals surface area contributed by atoms with Crippen LogP contribution in [0, 0.1) is 11.3 Å². The van der Waals surface area contributed by atoms with Crippen LogP contribution in [0.3, 0.4) is 0 Å². The van der Waals surface area contributed by atoms with Crippen LogP contribution in [0.2, 0.25) is 0 Å².